The van der Waals surface area contributed by atoms with Crippen LogP contribution < -0.4 is 5.73 Å². The van der Waals surface area contributed by atoms with E-state index < -0.39 is 11.6 Å². The van der Waals surface area contributed by atoms with E-state index in [-0.39, 0.29) is 30.4 Å². The highest BCUT2D eigenvalue weighted by atomic mass is 19.1. The number of nitrogens with two attached hydrogens (primary N) is 1. The summed E-state index contributed by atoms with van der Waals surface area (Å²) in [7, 11) is 0. The average Bonchev–Trinajstić information content (AvgIpc) is 3.07. The van der Waals surface area contributed by atoms with Gasteiger partial charge in [-0.15, -0.1) is 5.10 Å². The van der Waals surface area contributed by atoms with Gasteiger partial charge in [-0.25, -0.2) is 13.5 Å². The summed E-state index contributed by atoms with van der Waals surface area (Å²) in [5, 5.41) is 11.3. The summed E-state index contributed by atoms with van der Waals surface area (Å²) in [5.41, 5.74) is 6.25. The predicted octanol–water partition coefficient (Wildman–Crippen LogP) is 1.11. The van der Waals surface area contributed by atoms with Crippen molar-refractivity contribution in [1.82, 2.24) is 25.1 Å². The standard InChI is InChI=1S/C12H10F2N6O/c13-8-1-7(2-9(14)3-8)12-16-11(21-18-12)6-20-5-10(4-15)17-19-20/h1-3,5H,4,6,15H2. The quantitative estimate of drug-likeness (QED) is 0.774. The molecular weight excluding hydrogens is 282 g/mol. The smallest absolute Gasteiger partial charge is 0.248 e. The van der Waals surface area contributed by atoms with Gasteiger partial charge >= 0.3 is 0 Å². The van der Waals surface area contributed by atoms with Gasteiger partial charge in [0.25, 0.3) is 0 Å². The second-order valence-corrected chi connectivity index (χ2v) is 4.28. The summed E-state index contributed by atoms with van der Waals surface area (Å²) in [6, 6.07) is 3.02. The number of hydrogen-bond acceptors (Lipinski definition) is 6. The average molecular weight is 292 g/mol. The molecular formula is C12H10F2N6O. The van der Waals surface area contributed by atoms with Crippen molar-refractivity contribution >= 4 is 0 Å². The molecule has 1 aromatic carbocycles. The van der Waals surface area contributed by atoms with Gasteiger partial charge in [0.1, 0.15) is 18.2 Å². The second-order valence-electron chi connectivity index (χ2n) is 4.28. The molecule has 2 heterocycles. The molecule has 0 aliphatic carbocycles. The van der Waals surface area contributed by atoms with E-state index in [2.05, 4.69) is 20.5 Å². The molecule has 0 saturated heterocycles. The number of rotatable bonds is 4. The van der Waals surface area contributed by atoms with Crippen LogP contribution in [0.2, 0.25) is 0 Å². The molecule has 0 amide bonds. The van der Waals surface area contributed by atoms with E-state index in [1.54, 1.807) is 6.20 Å². The summed E-state index contributed by atoms with van der Waals surface area (Å²) >= 11 is 0. The van der Waals surface area contributed by atoms with Crippen LogP contribution in [0.4, 0.5) is 8.78 Å². The number of nitrogens with zero attached hydrogens (tertiary/aromatic N) is 5. The Bertz CT molecular complexity index is 748. The van der Waals surface area contributed by atoms with Crippen LogP contribution >= 0.6 is 0 Å². The van der Waals surface area contributed by atoms with E-state index >= 15 is 0 Å². The summed E-state index contributed by atoms with van der Waals surface area (Å²) in [4.78, 5) is 4.06. The van der Waals surface area contributed by atoms with Gasteiger partial charge in [-0.05, 0) is 12.1 Å². The van der Waals surface area contributed by atoms with E-state index in [1.165, 1.54) is 4.68 Å². The molecule has 0 spiro atoms. The largest absolute Gasteiger partial charge is 0.337 e. The lowest BCUT2D eigenvalue weighted by atomic mass is 10.2. The SMILES string of the molecule is NCc1cn(Cc2nc(-c3cc(F)cc(F)c3)no2)nn1. The molecule has 0 bridgehead atoms. The number of hydrogen-bond donors (Lipinski definition) is 1. The zero-order valence-electron chi connectivity index (χ0n) is 10.7. The number of benzene rings is 1. The molecule has 3 rings (SSSR count). The van der Waals surface area contributed by atoms with Crippen molar-refractivity contribution in [3.05, 3.63) is 47.6 Å². The minimum Gasteiger partial charge on any atom is -0.337 e. The highest BCUT2D eigenvalue weighted by Crippen LogP contribution is 2.18. The molecule has 0 saturated carbocycles. The minimum atomic E-state index is -0.708. The maximum absolute atomic E-state index is 13.1. The molecule has 0 radical (unpaired) electrons. The van der Waals surface area contributed by atoms with Gasteiger partial charge in [-0.3, -0.25) is 0 Å². The lowest BCUT2D eigenvalue weighted by molar-refractivity contribution is 0.364. The van der Waals surface area contributed by atoms with Crippen LogP contribution in [-0.4, -0.2) is 25.1 Å². The molecule has 0 fully saturated rings. The lowest BCUT2D eigenvalue weighted by Gasteiger charge is -1.95. The molecule has 21 heavy (non-hydrogen) atoms. The third kappa shape index (κ3) is 2.92. The Labute approximate surface area is 117 Å². The van der Waals surface area contributed by atoms with Crippen molar-refractivity contribution in [1.29, 1.82) is 0 Å². The summed E-state index contributed by atoms with van der Waals surface area (Å²) in [6.45, 7) is 0.468. The molecule has 108 valence electrons. The normalized spacial score (nSPS) is 11.0. The summed E-state index contributed by atoms with van der Waals surface area (Å²) in [6.07, 6.45) is 1.64. The fraction of sp³-hybridized carbons (Fsp3) is 0.167. The fourth-order valence-electron chi connectivity index (χ4n) is 1.77. The zero-order valence-corrected chi connectivity index (χ0v) is 10.7. The molecule has 3 aromatic rings. The van der Waals surface area contributed by atoms with Gasteiger partial charge < -0.3 is 10.3 Å². The van der Waals surface area contributed by atoms with Crippen LogP contribution in [0.3, 0.4) is 0 Å². The molecule has 0 aliphatic heterocycles. The van der Waals surface area contributed by atoms with E-state index in [0.717, 1.165) is 18.2 Å². The first-order valence-corrected chi connectivity index (χ1v) is 6.02. The van der Waals surface area contributed by atoms with Crippen LogP contribution in [0.1, 0.15) is 11.6 Å². The van der Waals surface area contributed by atoms with Crippen LogP contribution in [-0.2, 0) is 13.1 Å². The first-order chi connectivity index (χ1) is 10.1. The number of aromatic nitrogens is 5. The number of halogens is 2. The van der Waals surface area contributed by atoms with Crippen molar-refractivity contribution in [2.24, 2.45) is 5.73 Å². The molecule has 2 aromatic heterocycles. The van der Waals surface area contributed by atoms with Crippen molar-refractivity contribution in [3.63, 3.8) is 0 Å². The Morgan fingerprint density at radius 1 is 1.19 bits per heavy atom. The maximum atomic E-state index is 13.1. The van der Waals surface area contributed by atoms with E-state index in [9.17, 15) is 8.78 Å². The highest BCUT2D eigenvalue weighted by Gasteiger charge is 2.12. The Balaban J connectivity index is 1.82. The molecule has 9 heteroatoms. The van der Waals surface area contributed by atoms with Gasteiger partial charge in [-0.1, -0.05) is 10.4 Å². The highest BCUT2D eigenvalue weighted by molar-refractivity contribution is 5.54. The topological polar surface area (TPSA) is 95.7 Å². The van der Waals surface area contributed by atoms with Crippen LogP contribution in [0, 0.1) is 11.6 Å². The van der Waals surface area contributed by atoms with Crippen LogP contribution in [0.5, 0.6) is 0 Å². The van der Waals surface area contributed by atoms with E-state index in [1.807, 2.05) is 0 Å². The van der Waals surface area contributed by atoms with E-state index in [0.29, 0.717) is 5.69 Å². The van der Waals surface area contributed by atoms with Gasteiger partial charge in [0, 0.05) is 18.2 Å². The van der Waals surface area contributed by atoms with Crippen LogP contribution in [0.25, 0.3) is 11.4 Å². The van der Waals surface area contributed by atoms with Gasteiger partial charge in [0.05, 0.1) is 11.9 Å². The summed E-state index contributed by atoms with van der Waals surface area (Å²) < 4.78 is 32.8. The fourth-order valence-corrected chi connectivity index (χ4v) is 1.77. The second kappa shape index (κ2) is 5.37. The van der Waals surface area contributed by atoms with Crippen molar-refractivity contribution in [2.75, 3.05) is 0 Å². The molecule has 0 unspecified atom stereocenters. The Kier molecular flexibility index (Phi) is 3.40. The third-order valence-electron chi connectivity index (χ3n) is 2.68. The van der Waals surface area contributed by atoms with Crippen LogP contribution in [0.15, 0.2) is 28.9 Å². The Hall–Kier alpha value is -2.68. The van der Waals surface area contributed by atoms with Gasteiger partial charge in [-0.2, -0.15) is 4.98 Å². The minimum absolute atomic E-state index is 0.0996. The van der Waals surface area contributed by atoms with Crippen molar-refractivity contribution in [2.45, 2.75) is 13.1 Å². The summed E-state index contributed by atoms with van der Waals surface area (Å²) in [5.74, 6) is -1.08. The zero-order chi connectivity index (χ0) is 14.8. The Morgan fingerprint density at radius 2 is 1.95 bits per heavy atom. The first kappa shape index (κ1) is 13.3. The van der Waals surface area contributed by atoms with Crippen molar-refractivity contribution < 1.29 is 13.3 Å². The molecule has 7 nitrogen and oxygen atoms in total. The van der Waals surface area contributed by atoms with Gasteiger partial charge in [0.2, 0.25) is 11.7 Å². The molecule has 0 atom stereocenters. The molecule has 0 aliphatic rings. The van der Waals surface area contributed by atoms with E-state index in [4.69, 9.17) is 10.3 Å². The van der Waals surface area contributed by atoms with Gasteiger partial charge in [0.15, 0.2) is 0 Å². The monoisotopic (exact) mass is 292 g/mol. The Morgan fingerprint density at radius 3 is 2.62 bits per heavy atom. The molecule has 2 N–H and O–H groups in total. The third-order valence-corrected chi connectivity index (χ3v) is 2.68. The predicted molar refractivity (Wildman–Crippen MR) is 66.7 cm³/mol. The first-order valence-electron chi connectivity index (χ1n) is 6.02. The lowest BCUT2D eigenvalue weighted by Crippen LogP contribution is -2.01. The van der Waals surface area contributed by atoms with Crippen molar-refractivity contribution in [3.8, 4) is 11.4 Å². The maximum Gasteiger partial charge on any atom is 0.248 e.